The molecular weight excluding hydrogens is 562 g/mol. The summed E-state index contributed by atoms with van der Waals surface area (Å²) in [6.45, 7) is 3.78. The van der Waals surface area contributed by atoms with Gasteiger partial charge in [0.15, 0.2) is 0 Å². The summed E-state index contributed by atoms with van der Waals surface area (Å²) in [4.78, 5) is 62.4. The maximum atomic E-state index is 13.6. The summed E-state index contributed by atoms with van der Waals surface area (Å²) >= 11 is 0. The third-order valence-corrected chi connectivity index (χ3v) is 7.30. The molecule has 0 aliphatic carbocycles. The highest BCUT2D eigenvalue weighted by Gasteiger charge is 2.31. The summed E-state index contributed by atoms with van der Waals surface area (Å²) < 4.78 is 0. The number of carbonyl (C=O) groups is 4. The van der Waals surface area contributed by atoms with Crippen molar-refractivity contribution in [2.75, 3.05) is 0 Å². The van der Waals surface area contributed by atoms with Gasteiger partial charge in [0.05, 0.1) is 12.4 Å². The number of nitrogens with one attached hydrogen (secondary N) is 5. The minimum Gasteiger partial charge on any atom is -0.480 e. The number of hydrogen-bond acceptors (Lipinski definition) is 6. The molecule has 12 nitrogen and oxygen atoms in total. The van der Waals surface area contributed by atoms with Crippen LogP contribution in [0.3, 0.4) is 0 Å². The number of carboxylic acids is 1. The van der Waals surface area contributed by atoms with Crippen molar-refractivity contribution < 1.29 is 24.3 Å². The molecule has 0 spiro atoms. The molecule has 4 aromatic rings. The van der Waals surface area contributed by atoms with Gasteiger partial charge in [-0.2, -0.15) is 0 Å². The van der Waals surface area contributed by atoms with E-state index in [1.165, 1.54) is 12.5 Å². The Morgan fingerprint density at radius 3 is 2.16 bits per heavy atom. The van der Waals surface area contributed by atoms with Crippen molar-refractivity contribution in [3.05, 3.63) is 90.1 Å². The molecule has 0 aliphatic heterocycles. The molecule has 4 unspecified atom stereocenters. The normalized spacial score (nSPS) is 14.0. The third kappa shape index (κ3) is 8.77. The Morgan fingerprint density at radius 2 is 1.48 bits per heavy atom. The van der Waals surface area contributed by atoms with E-state index in [4.69, 9.17) is 5.73 Å². The Bertz CT molecular complexity index is 1550. The second-order valence-electron chi connectivity index (χ2n) is 11.3. The molecule has 2 aromatic heterocycles. The second-order valence-corrected chi connectivity index (χ2v) is 11.3. The quantitative estimate of drug-likeness (QED) is 0.108. The number of benzene rings is 2. The molecule has 0 saturated heterocycles. The lowest BCUT2D eigenvalue weighted by Gasteiger charge is -2.26. The zero-order valence-electron chi connectivity index (χ0n) is 24.7. The maximum absolute atomic E-state index is 13.6. The monoisotopic (exact) mass is 601 g/mol. The van der Waals surface area contributed by atoms with Crippen molar-refractivity contribution in [2.24, 2.45) is 11.7 Å². The van der Waals surface area contributed by atoms with Crippen LogP contribution >= 0.6 is 0 Å². The molecule has 4 rings (SSSR count). The molecule has 12 heteroatoms. The van der Waals surface area contributed by atoms with Crippen molar-refractivity contribution in [1.82, 2.24) is 30.9 Å². The van der Waals surface area contributed by atoms with Gasteiger partial charge in [-0.15, -0.1) is 0 Å². The first-order valence-corrected chi connectivity index (χ1v) is 14.6. The zero-order chi connectivity index (χ0) is 31.6. The summed E-state index contributed by atoms with van der Waals surface area (Å²) in [6, 6.07) is 12.5. The molecule has 4 atom stereocenters. The van der Waals surface area contributed by atoms with Crippen LogP contribution in [0.25, 0.3) is 10.9 Å². The van der Waals surface area contributed by atoms with E-state index in [0.717, 1.165) is 22.0 Å². The number of fused-ring (bicyclic) bond motifs is 1. The predicted molar refractivity (Wildman–Crippen MR) is 165 cm³/mol. The van der Waals surface area contributed by atoms with Gasteiger partial charge in [-0.3, -0.25) is 14.4 Å². The molecule has 232 valence electrons. The molecule has 2 aromatic carbocycles. The number of hydrogen-bond donors (Lipinski definition) is 7. The molecule has 0 bridgehead atoms. The van der Waals surface area contributed by atoms with Crippen molar-refractivity contribution in [2.45, 2.75) is 63.7 Å². The molecule has 8 N–H and O–H groups in total. The lowest BCUT2D eigenvalue weighted by Crippen LogP contribution is -2.58. The predicted octanol–water partition coefficient (Wildman–Crippen LogP) is 1.83. The molecule has 0 fully saturated rings. The molecule has 0 radical (unpaired) electrons. The van der Waals surface area contributed by atoms with Gasteiger partial charge in [-0.1, -0.05) is 62.4 Å². The fourth-order valence-electron chi connectivity index (χ4n) is 5.03. The highest BCUT2D eigenvalue weighted by Crippen LogP contribution is 2.19. The van der Waals surface area contributed by atoms with E-state index in [1.807, 2.05) is 68.4 Å². The second kappa shape index (κ2) is 15.0. The van der Waals surface area contributed by atoms with E-state index in [-0.39, 0.29) is 31.6 Å². The van der Waals surface area contributed by atoms with Crippen LogP contribution in [0.15, 0.2) is 73.3 Å². The largest absolute Gasteiger partial charge is 0.480 e. The topological polar surface area (TPSA) is 195 Å². The minimum absolute atomic E-state index is 0.0112. The number of nitrogens with zero attached hydrogens (tertiary/aromatic N) is 1. The van der Waals surface area contributed by atoms with E-state index in [9.17, 15) is 24.3 Å². The minimum atomic E-state index is -1.23. The first-order chi connectivity index (χ1) is 21.1. The van der Waals surface area contributed by atoms with Crippen molar-refractivity contribution in [1.29, 1.82) is 0 Å². The first kappa shape index (κ1) is 32.0. The van der Waals surface area contributed by atoms with Crippen molar-refractivity contribution >= 4 is 34.6 Å². The van der Waals surface area contributed by atoms with Crippen LogP contribution in [0, 0.1) is 5.92 Å². The molecule has 3 amide bonds. The summed E-state index contributed by atoms with van der Waals surface area (Å²) in [5.41, 5.74) is 9.24. The van der Waals surface area contributed by atoms with E-state index >= 15 is 0 Å². The van der Waals surface area contributed by atoms with Gasteiger partial charge in [-0.05, 0) is 36.0 Å². The molecule has 0 aliphatic rings. The highest BCUT2D eigenvalue weighted by molar-refractivity contribution is 5.94. The van der Waals surface area contributed by atoms with Crippen LogP contribution < -0.4 is 21.7 Å². The van der Waals surface area contributed by atoms with Crippen LogP contribution in [-0.2, 0) is 38.4 Å². The zero-order valence-corrected chi connectivity index (χ0v) is 24.7. The average molecular weight is 602 g/mol. The number of imidazole rings is 1. The molecule has 2 heterocycles. The van der Waals surface area contributed by atoms with Crippen molar-refractivity contribution in [3.8, 4) is 0 Å². The number of aliphatic carboxylic acids is 1. The highest BCUT2D eigenvalue weighted by atomic mass is 16.4. The number of rotatable bonds is 15. The summed E-state index contributed by atoms with van der Waals surface area (Å²) in [5.74, 6) is -2.98. The van der Waals surface area contributed by atoms with E-state index < -0.39 is 47.9 Å². The number of H-pyrrole nitrogens is 2. The van der Waals surface area contributed by atoms with Crippen LogP contribution in [0.2, 0.25) is 0 Å². The number of para-hydroxylation sites is 1. The Hall–Kier alpha value is -4.97. The van der Waals surface area contributed by atoms with Gasteiger partial charge in [0, 0.05) is 41.8 Å². The number of nitrogens with two attached hydrogens (primary N) is 1. The lowest BCUT2D eigenvalue weighted by molar-refractivity contribution is -0.142. The Balaban J connectivity index is 1.47. The molecule has 44 heavy (non-hydrogen) atoms. The SMILES string of the molecule is CC(C)CC(NC(=O)C(Cc1cnc[nH]1)NC(=O)C(N)Cc1ccccc1)C(=O)NC(Cc1c[nH]c2ccccc12)C(=O)O. The number of carbonyl (C=O) groups excluding carboxylic acids is 3. The van der Waals surface area contributed by atoms with Crippen LogP contribution in [0.5, 0.6) is 0 Å². The number of aromatic nitrogens is 3. The molecular formula is C32H39N7O5. The maximum Gasteiger partial charge on any atom is 0.326 e. The Morgan fingerprint density at radius 1 is 0.818 bits per heavy atom. The lowest BCUT2D eigenvalue weighted by atomic mass is 10.00. The summed E-state index contributed by atoms with van der Waals surface area (Å²) in [5, 5.41) is 18.9. The first-order valence-electron chi connectivity index (χ1n) is 14.6. The fraction of sp³-hybridized carbons (Fsp3) is 0.344. The van der Waals surface area contributed by atoms with Gasteiger partial charge in [0.1, 0.15) is 18.1 Å². The standard InChI is InChI=1S/C32H39N7O5/c1-19(2)12-26(30(41)39-28(32(43)44)14-21-16-35-25-11-7-6-10-23(21)25)38-31(42)27(15-22-17-34-18-36-22)37-29(40)24(33)13-20-8-4-3-5-9-20/h3-11,16-19,24,26-28,35H,12-15,33H2,1-2H3,(H,34,36)(H,37,40)(H,38,42)(H,39,41)(H,43,44). The average Bonchev–Trinajstić information content (AvgIpc) is 3.66. The van der Waals surface area contributed by atoms with E-state index in [0.29, 0.717) is 5.69 Å². The number of amides is 3. The van der Waals surface area contributed by atoms with Gasteiger partial charge >= 0.3 is 5.97 Å². The molecule has 0 saturated carbocycles. The Kier molecular flexibility index (Phi) is 10.9. The van der Waals surface area contributed by atoms with E-state index in [1.54, 1.807) is 6.20 Å². The Labute approximate surface area is 255 Å². The van der Waals surface area contributed by atoms with Gasteiger partial charge < -0.3 is 36.8 Å². The van der Waals surface area contributed by atoms with Gasteiger partial charge in [-0.25, -0.2) is 9.78 Å². The van der Waals surface area contributed by atoms with E-state index in [2.05, 4.69) is 30.9 Å². The summed E-state index contributed by atoms with van der Waals surface area (Å²) in [6.07, 6.45) is 5.37. The number of carboxylic acid groups (broad SMARTS) is 1. The van der Waals surface area contributed by atoms with Crippen molar-refractivity contribution in [3.63, 3.8) is 0 Å². The smallest absolute Gasteiger partial charge is 0.326 e. The third-order valence-electron chi connectivity index (χ3n) is 7.30. The van der Waals surface area contributed by atoms with Gasteiger partial charge in [0.2, 0.25) is 17.7 Å². The van der Waals surface area contributed by atoms with Crippen LogP contribution in [0.1, 0.15) is 37.1 Å². The van der Waals surface area contributed by atoms with Crippen LogP contribution in [-0.4, -0.2) is 67.9 Å². The van der Waals surface area contributed by atoms with Crippen LogP contribution in [0.4, 0.5) is 0 Å². The number of aromatic amines is 2. The fourth-order valence-corrected chi connectivity index (χ4v) is 5.03. The summed E-state index contributed by atoms with van der Waals surface area (Å²) in [7, 11) is 0. The van der Waals surface area contributed by atoms with Gasteiger partial charge in [0.25, 0.3) is 0 Å².